The minimum Gasteiger partial charge on any atom is -0.462 e. The molecule has 1 aliphatic carbocycles. The summed E-state index contributed by atoms with van der Waals surface area (Å²) >= 11 is 1.40. The number of hydrogen-bond acceptors (Lipinski definition) is 5. The van der Waals surface area contributed by atoms with Crippen LogP contribution in [-0.4, -0.2) is 27.8 Å². The maximum atomic E-state index is 11.4. The fourth-order valence-electron chi connectivity index (χ4n) is 1.40. The molecule has 0 N–H and O–H groups in total. The Kier molecular flexibility index (Phi) is 3.99. The third-order valence-corrected chi connectivity index (χ3v) is 3.20. The van der Waals surface area contributed by atoms with Crippen LogP contribution in [0.4, 0.5) is 0 Å². The van der Waals surface area contributed by atoms with Crippen molar-refractivity contribution >= 4 is 17.7 Å². The number of esters is 1. The van der Waals surface area contributed by atoms with Crippen molar-refractivity contribution in [2.24, 2.45) is 0 Å². The Balaban J connectivity index is 1.85. The summed E-state index contributed by atoms with van der Waals surface area (Å²) in [4.78, 5) is 20.0. The third-order valence-electron chi connectivity index (χ3n) is 2.30. The van der Waals surface area contributed by atoms with Crippen molar-refractivity contribution in [3.05, 3.63) is 18.1 Å². The highest BCUT2D eigenvalue weighted by Gasteiger charge is 2.26. The van der Waals surface area contributed by atoms with Crippen molar-refractivity contribution in [1.29, 1.82) is 0 Å². The highest BCUT2D eigenvalue weighted by atomic mass is 32.2. The largest absolute Gasteiger partial charge is 0.462 e. The van der Waals surface area contributed by atoms with Crippen LogP contribution in [0.1, 0.15) is 38.4 Å². The topological polar surface area (TPSA) is 52.1 Å². The van der Waals surface area contributed by atoms with E-state index in [-0.39, 0.29) is 12.1 Å². The number of hydrogen-bond donors (Lipinski definition) is 0. The molecule has 0 aromatic carbocycles. The zero-order chi connectivity index (χ0) is 12.3. The van der Waals surface area contributed by atoms with Crippen LogP contribution in [0, 0.1) is 0 Å². The van der Waals surface area contributed by atoms with Crippen LogP contribution in [0.5, 0.6) is 0 Å². The summed E-state index contributed by atoms with van der Waals surface area (Å²) in [6.45, 7) is 3.69. The van der Waals surface area contributed by atoms with E-state index in [1.54, 1.807) is 6.20 Å². The lowest BCUT2D eigenvalue weighted by molar-refractivity contribution is -0.144. The molecule has 0 unspecified atom stereocenters. The van der Waals surface area contributed by atoms with E-state index in [1.165, 1.54) is 24.6 Å². The van der Waals surface area contributed by atoms with Crippen LogP contribution in [0.25, 0.3) is 0 Å². The van der Waals surface area contributed by atoms with E-state index in [0.29, 0.717) is 11.7 Å². The molecule has 0 bridgehead atoms. The van der Waals surface area contributed by atoms with Gasteiger partial charge in [-0.15, -0.1) is 0 Å². The first-order chi connectivity index (χ1) is 8.15. The van der Waals surface area contributed by atoms with Gasteiger partial charge in [0.2, 0.25) is 0 Å². The molecule has 1 aromatic heterocycles. The summed E-state index contributed by atoms with van der Waals surface area (Å²) in [5.74, 6) is 1.56. The van der Waals surface area contributed by atoms with Crippen LogP contribution in [0.15, 0.2) is 17.3 Å². The Morgan fingerprint density at radius 2 is 2.35 bits per heavy atom. The monoisotopic (exact) mass is 252 g/mol. The summed E-state index contributed by atoms with van der Waals surface area (Å²) in [5, 5.41) is 0.850. The van der Waals surface area contributed by atoms with Gasteiger partial charge in [0.05, 0.1) is 11.9 Å². The molecule has 1 fully saturated rings. The Bertz CT molecular complexity index is 405. The normalized spacial score (nSPS) is 15.0. The smallest absolute Gasteiger partial charge is 0.316 e. The fourth-order valence-corrected chi connectivity index (χ4v) is 2.05. The van der Waals surface area contributed by atoms with E-state index >= 15 is 0 Å². The molecule has 92 valence electrons. The Labute approximate surface area is 105 Å². The van der Waals surface area contributed by atoms with Crippen LogP contribution in [0.2, 0.25) is 0 Å². The molecule has 1 heterocycles. The zero-order valence-corrected chi connectivity index (χ0v) is 10.9. The molecule has 5 heteroatoms. The lowest BCUT2D eigenvalue weighted by atomic mass is 10.4. The maximum Gasteiger partial charge on any atom is 0.316 e. The lowest BCUT2D eigenvalue weighted by Gasteiger charge is -2.07. The molecule has 1 saturated carbocycles. The van der Waals surface area contributed by atoms with E-state index in [2.05, 4.69) is 9.97 Å². The van der Waals surface area contributed by atoms with E-state index in [0.717, 1.165) is 10.9 Å². The number of thioether (sulfide) groups is 1. The van der Waals surface area contributed by atoms with Crippen LogP contribution >= 0.6 is 11.8 Å². The minimum atomic E-state index is -0.198. The molecule has 4 nitrogen and oxygen atoms in total. The standard InChI is InChI=1S/C12H16N2O2S/c1-8(2)16-11(15)7-17-10-5-6-13-12(14-10)9-3-4-9/h5-6,8-9H,3-4,7H2,1-2H3. The molecule has 0 aliphatic heterocycles. The van der Waals surface area contributed by atoms with Gasteiger partial charge in [0.1, 0.15) is 10.9 Å². The summed E-state index contributed by atoms with van der Waals surface area (Å²) in [6.07, 6.45) is 4.07. The second-order valence-electron chi connectivity index (χ2n) is 4.35. The predicted octanol–water partition coefficient (Wildman–Crippen LogP) is 2.40. The number of carbonyl (C=O) groups is 1. The minimum absolute atomic E-state index is 0.0597. The van der Waals surface area contributed by atoms with Crippen molar-refractivity contribution in [2.75, 3.05) is 5.75 Å². The van der Waals surface area contributed by atoms with E-state index < -0.39 is 0 Å². The molecule has 1 aromatic rings. The summed E-state index contributed by atoms with van der Waals surface area (Å²) in [6, 6.07) is 1.83. The number of nitrogens with zero attached hydrogens (tertiary/aromatic N) is 2. The number of ether oxygens (including phenoxy) is 1. The van der Waals surface area contributed by atoms with Crippen molar-refractivity contribution in [2.45, 2.75) is 43.7 Å². The second kappa shape index (κ2) is 5.49. The summed E-state index contributed by atoms with van der Waals surface area (Å²) in [7, 11) is 0. The van der Waals surface area contributed by atoms with Gasteiger partial charge < -0.3 is 4.74 Å². The summed E-state index contributed by atoms with van der Waals surface area (Å²) in [5.41, 5.74) is 0. The SMILES string of the molecule is CC(C)OC(=O)CSc1ccnc(C2CC2)n1. The van der Waals surface area contributed by atoms with Crippen molar-refractivity contribution in [3.63, 3.8) is 0 Å². The molecule has 0 radical (unpaired) electrons. The molecule has 17 heavy (non-hydrogen) atoms. The number of rotatable bonds is 5. The van der Waals surface area contributed by atoms with Gasteiger partial charge in [-0.05, 0) is 32.8 Å². The van der Waals surface area contributed by atoms with Gasteiger partial charge in [0.15, 0.2) is 0 Å². The molecule has 1 aliphatic rings. The summed E-state index contributed by atoms with van der Waals surface area (Å²) < 4.78 is 5.06. The van der Waals surface area contributed by atoms with Gasteiger partial charge in [0, 0.05) is 12.1 Å². The molecule has 0 spiro atoms. The molecule has 0 amide bonds. The third kappa shape index (κ3) is 4.00. The van der Waals surface area contributed by atoms with Gasteiger partial charge in [-0.1, -0.05) is 11.8 Å². The van der Waals surface area contributed by atoms with Crippen molar-refractivity contribution in [3.8, 4) is 0 Å². The zero-order valence-electron chi connectivity index (χ0n) is 10.0. The van der Waals surface area contributed by atoms with E-state index in [4.69, 9.17) is 4.74 Å². The molecule has 0 saturated heterocycles. The molecule has 0 atom stereocenters. The Morgan fingerprint density at radius 1 is 1.59 bits per heavy atom. The lowest BCUT2D eigenvalue weighted by Crippen LogP contribution is -2.13. The van der Waals surface area contributed by atoms with Crippen molar-refractivity contribution < 1.29 is 9.53 Å². The highest BCUT2D eigenvalue weighted by molar-refractivity contribution is 7.99. The average molecular weight is 252 g/mol. The first-order valence-corrected chi connectivity index (χ1v) is 6.79. The Morgan fingerprint density at radius 3 is 3.00 bits per heavy atom. The van der Waals surface area contributed by atoms with E-state index in [9.17, 15) is 4.79 Å². The maximum absolute atomic E-state index is 11.4. The van der Waals surface area contributed by atoms with Crippen molar-refractivity contribution in [1.82, 2.24) is 9.97 Å². The predicted molar refractivity (Wildman–Crippen MR) is 66.0 cm³/mol. The second-order valence-corrected chi connectivity index (χ2v) is 5.35. The van der Waals surface area contributed by atoms with Gasteiger partial charge in [-0.3, -0.25) is 4.79 Å². The average Bonchev–Trinajstić information content (AvgIpc) is 3.10. The quantitative estimate of drug-likeness (QED) is 0.457. The van der Waals surface area contributed by atoms with Gasteiger partial charge in [-0.2, -0.15) is 0 Å². The molecular weight excluding hydrogens is 236 g/mol. The number of carbonyl (C=O) groups excluding carboxylic acids is 1. The van der Waals surface area contributed by atoms with E-state index in [1.807, 2.05) is 19.9 Å². The molecular formula is C12H16N2O2S. The first-order valence-electron chi connectivity index (χ1n) is 5.80. The first kappa shape index (κ1) is 12.4. The Hall–Kier alpha value is -1.10. The van der Waals surface area contributed by atoms with Gasteiger partial charge >= 0.3 is 5.97 Å². The van der Waals surface area contributed by atoms with Crippen LogP contribution < -0.4 is 0 Å². The molecule has 2 rings (SSSR count). The van der Waals surface area contributed by atoms with Crippen LogP contribution in [0.3, 0.4) is 0 Å². The van der Waals surface area contributed by atoms with Crippen LogP contribution in [-0.2, 0) is 9.53 Å². The number of aromatic nitrogens is 2. The highest BCUT2D eigenvalue weighted by Crippen LogP contribution is 2.38. The van der Waals surface area contributed by atoms with Gasteiger partial charge in [0.25, 0.3) is 0 Å². The fraction of sp³-hybridized carbons (Fsp3) is 0.583. The van der Waals surface area contributed by atoms with Gasteiger partial charge in [-0.25, -0.2) is 9.97 Å².